The van der Waals surface area contributed by atoms with Crippen molar-refractivity contribution in [2.75, 3.05) is 6.61 Å². The summed E-state index contributed by atoms with van der Waals surface area (Å²) in [4.78, 5) is 22.5. The molecule has 0 aromatic heterocycles. The summed E-state index contributed by atoms with van der Waals surface area (Å²) in [6.07, 6.45) is 63.0. The standard InChI is InChI=1S/C51H98O4/c1-2-3-4-5-6-7-32-36-39-42-45-48-51(54)55-49-46-43-40-37-34-31-29-27-25-23-21-19-17-15-13-11-9-8-10-12-14-16-18-20-22-24-26-28-30-33-35-38-41-44-47-50(52)53/h5-6H,2-4,7-49H2,1H3,(H,52,53)/b6-5-. The van der Waals surface area contributed by atoms with Crippen LogP contribution >= 0.6 is 0 Å². The van der Waals surface area contributed by atoms with E-state index in [-0.39, 0.29) is 5.97 Å². The Bertz CT molecular complexity index is 777. The highest BCUT2D eigenvalue weighted by Gasteiger charge is 2.03. The molecule has 0 bridgehead atoms. The molecule has 0 aliphatic carbocycles. The lowest BCUT2D eigenvalue weighted by Crippen LogP contribution is -2.05. The van der Waals surface area contributed by atoms with E-state index >= 15 is 0 Å². The number of allylic oxidation sites excluding steroid dienone is 2. The molecule has 0 aliphatic rings. The van der Waals surface area contributed by atoms with Gasteiger partial charge < -0.3 is 9.84 Å². The molecule has 55 heavy (non-hydrogen) atoms. The molecule has 0 aliphatic heterocycles. The molecule has 0 radical (unpaired) electrons. The molecule has 0 atom stereocenters. The van der Waals surface area contributed by atoms with Crippen molar-refractivity contribution in [3.05, 3.63) is 12.2 Å². The van der Waals surface area contributed by atoms with Crippen LogP contribution in [-0.2, 0) is 14.3 Å². The molecular formula is C51H98O4. The van der Waals surface area contributed by atoms with Gasteiger partial charge in [-0.3, -0.25) is 9.59 Å². The highest BCUT2D eigenvalue weighted by Crippen LogP contribution is 2.17. The fraction of sp³-hybridized carbons (Fsp3) is 0.922. The van der Waals surface area contributed by atoms with Crippen molar-refractivity contribution < 1.29 is 19.4 Å². The van der Waals surface area contributed by atoms with Crippen LogP contribution in [0.4, 0.5) is 0 Å². The maximum atomic E-state index is 12.0. The van der Waals surface area contributed by atoms with Crippen LogP contribution < -0.4 is 0 Å². The molecular weight excluding hydrogens is 677 g/mol. The number of esters is 1. The lowest BCUT2D eigenvalue weighted by atomic mass is 10.0. The van der Waals surface area contributed by atoms with Gasteiger partial charge in [-0.1, -0.05) is 257 Å². The van der Waals surface area contributed by atoms with E-state index in [1.165, 1.54) is 244 Å². The van der Waals surface area contributed by atoms with E-state index in [0.717, 1.165) is 32.1 Å². The number of carbonyl (C=O) groups is 2. The van der Waals surface area contributed by atoms with Crippen molar-refractivity contribution in [2.45, 2.75) is 296 Å². The van der Waals surface area contributed by atoms with Crippen LogP contribution in [0.5, 0.6) is 0 Å². The van der Waals surface area contributed by atoms with Crippen molar-refractivity contribution in [2.24, 2.45) is 0 Å². The molecule has 4 nitrogen and oxygen atoms in total. The fourth-order valence-electron chi connectivity index (χ4n) is 7.91. The number of ether oxygens (including phenoxy) is 1. The molecule has 0 aromatic carbocycles. The van der Waals surface area contributed by atoms with Gasteiger partial charge in [-0.15, -0.1) is 0 Å². The number of rotatable bonds is 48. The molecule has 1 N–H and O–H groups in total. The second-order valence-corrected chi connectivity index (χ2v) is 17.3. The minimum Gasteiger partial charge on any atom is -0.481 e. The Morgan fingerprint density at radius 3 is 0.909 bits per heavy atom. The lowest BCUT2D eigenvalue weighted by molar-refractivity contribution is -0.144. The topological polar surface area (TPSA) is 63.6 Å². The smallest absolute Gasteiger partial charge is 0.305 e. The molecule has 0 spiro atoms. The first-order chi connectivity index (χ1) is 27.2. The first-order valence-electron chi connectivity index (χ1n) is 25.2. The van der Waals surface area contributed by atoms with Crippen molar-refractivity contribution in [3.8, 4) is 0 Å². The Balaban J connectivity index is 3.13. The van der Waals surface area contributed by atoms with Gasteiger partial charge in [0.25, 0.3) is 0 Å². The number of hydrogen-bond donors (Lipinski definition) is 1. The molecule has 0 fully saturated rings. The zero-order valence-corrected chi connectivity index (χ0v) is 37.4. The monoisotopic (exact) mass is 775 g/mol. The van der Waals surface area contributed by atoms with Gasteiger partial charge in [0, 0.05) is 12.8 Å². The average Bonchev–Trinajstić information content (AvgIpc) is 3.18. The van der Waals surface area contributed by atoms with Crippen molar-refractivity contribution in [3.63, 3.8) is 0 Å². The van der Waals surface area contributed by atoms with Gasteiger partial charge in [0.05, 0.1) is 6.61 Å². The summed E-state index contributed by atoms with van der Waals surface area (Å²) in [7, 11) is 0. The summed E-state index contributed by atoms with van der Waals surface area (Å²) >= 11 is 0. The maximum absolute atomic E-state index is 12.0. The third-order valence-electron chi connectivity index (χ3n) is 11.7. The van der Waals surface area contributed by atoms with Gasteiger partial charge in [0.15, 0.2) is 0 Å². The van der Waals surface area contributed by atoms with Gasteiger partial charge in [0.2, 0.25) is 0 Å². The van der Waals surface area contributed by atoms with Crippen LogP contribution in [0.2, 0.25) is 0 Å². The van der Waals surface area contributed by atoms with Crippen LogP contribution in [-0.4, -0.2) is 23.7 Å². The normalized spacial score (nSPS) is 11.6. The molecule has 0 aromatic rings. The van der Waals surface area contributed by atoms with Crippen LogP contribution in [0.15, 0.2) is 12.2 Å². The quantitative estimate of drug-likeness (QED) is 0.0380. The average molecular weight is 775 g/mol. The predicted molar refractivity (Wildman–Crippen MR) is 241 cm³/mol. The Kier molecular flexibility index (Phi) is 47.7. The summed E-state index contributed by atoms with van der Waals surface area (Å²) in [5.41, 5.74) is 0. The van der Waals surface area contributed by atoms with Gasteiger partial charge in [-0.2, -0.15) is 0 Å². The highest BCUT2D eigenvalue weighted by molar-refractivity contribution is 5.69. The van der Waals surface area contributed by atoms with E-state index < -0.39 is 5.97 Å². The Hall–Kier alpha value is -1.32. The molecule has 0 heterocycles. The van der Waals surface area contributed by atoms with Crippen LogP contribution in [0.1, 0.15) is 296 Å². The first kappa shape index (κ1) is 53.7. The van der Waals surface area contributed by atoms with E-state index in [0.29, 0.717) is 19.4 Å². The number of carbonyl (C=O) groups excluding carboxylic acids is 1. The van der Waals surface area contributed by atoms with E-state index in [1.807, 2.05) is 0 Å². The Morgan fingerprint density at radius 1 is 0.345 bits per heavy atom. The zero-order chi connectivity index (χ0) is 39.8. The number of hydrogen-bond acceptors (Lipinski definition) is 3. The molecule has 0 unspecified atom stereocenters. The Labute approximate surface area is 345 Å². The minimum absolute atomic E-state index is 0.0127. The van der Waals surface area contributed by atoms with Gasteiger partial charge in [-0.05, 0) is 38.5 Å². The summed E-state index contributed by atoms with van der Waals surface area (Å²) in [5, 5.41) is 8.66. The van der Waals surface area contributed by atoms with E-state index in [4.69, 9.17) is 9.84 Å². The summed E-state index contributed by atoms with van der Waals surface area (Å²) in [5.74, 6) is -0.638. The zero-order valence-electron chi connectivity index (χ0n) is 37.4. The molecule has 326 valence electrons. The van der Waals surface area contributed by atoms with E-state index in [1.54, 1.807) is 0 Å². The Morgan fingerprint density at radius 2 is 0.600 bits per heavy atom. The van der Waals surface area contributed by atoms with E-state index in [9.17, 15) is 9.59 Å². The molecule has 0 amide bonds. The molecule has 0 saturated heterocycles. The molecule has 0 saturated carbocycles. The fourth-order valence-corrected chi connectivity index (χ4v) is 7.91. The summed E-state index contributed by atoms with van der Waals surface area (Å²) in [6, 6.07) is 0. The van der Waals surface area contributed by atoms with Crippen molar-refractivity contribution >= 4 is 11.9 Å². The SMILES string of the molecule is CCCC/C=C\CCCCCCCC(=O)OCCCCCCCCCCCCCCCCCCCCCCCCCCCCCCCCCCCCC(=O)O. The number of aliphatic carboxylic acids is 1. The number of carboxylic acid groups (broad SMARTS) is 1. The summed E-state index contributed by atoms with van der Waals surface area (Å²) in [6.45, 7) is 2.86. The van der Waals surface area contributed by atoms with Crippen LogP contribution in [0.3, 0.4) is 0 Å². The van der Waals surface area contributed by atoms with Crippen LogP contribution in [0, 0.1) is 0 Å². The highest BCUT2D eigenvalue weighted by atomic mass is 16.5. The minimum atomic E-state index is -0.651. The maximum Gasteiger partial charge on any atom is 0.305 e. The van der Waals surface area contributed by atoms with Gasteiger partial charge in [0.1, 0.15) is 0 Å². The van der Waals surface area contributed by atoms with Crippen molar-refractivity contribution in [1.82, 2.24) is 0 Å². The largest absolute Gasteiger partial charge is 0.481 e. The molecule has 4 heteroatoms. The van der Waals surface area contributed by atoms with Gasteiger partial charge >= 0.3 is 11.9 Å². The second-order valence-electron chi connectivity index (χ2n) is 17.3. The molecule has 0 rings (SSSR count). The van der Waals surface area contributed by atoms with Crippen molar-refractivity contribution in [1.29, 1.82) is 0 Å². The van der Waals surface area contributed by atoms with Crippen LogP contribution in [0.25, 0.3) is 0 Å². The number of unbranched alkanes of at least 4 members (excludes halogenated alkanes) is 40. The third-order valence-corrected chi connectivity index (χ3v) is 11.7. The van der Waals surface area contributed by atoms with E-state index in [2.05, 4.69) is 19.1 Å². The summed E-state index contributed by atoms with van der Waals surface area (Å²) < 4.78 is 5.45. The number of carboxylic acids is 1. The third kappa shape index (κ3) is 50.7. The predicted octanol–water partition coefficient (Wildman–Crippen LogP) is 17.7. The second kappa shape index (κ2) is 48.8. The first-order valence-corrected chi connectivity index (χ1v) is 25.2. The van der Waals surface area contributed by atoms with Gasteiger partial charge in [-0.25, -0.2) is 0 Å². The lowest BCUT2D eigenvalue weighted by Gasteiger charge is -2.06.